The Bertz CT molecular complexity index is 673. The average Bonchev–Trinajstić information content (AvgIpc) is 3.07. The van der Waals surface area contributed by atoms with Crippen LogP contribution in [0, 0.1) is 0 Å². The maximum absolute atomic E-state index is 5.71. The monoisotopic (exact) mass is 487 g/mol. The van der Waals surface area contributed by atoms with Crippen LogP contribution in [-0.4, -0.2) is 49.1 Å². The fourth-order valence-electron chi connectivity index (χ4n) is 2.43. The third kappa shape index (κ3) is 8.98. The van der Waals surface area contributed by atoms with E-state index in [2.05, 4.69) is 27.6 Å². The first-order chi connectivity index (χ1) is 12.7. The molecule has 2 aromatic rings. The summed E-state index contributed by atoms with van der Waals surface area (Å²) in [6, 6.07) is 7.57. The first kappa shape index (κ1) is 23.1. The summed E-state index contributed by atoms with van der Waals surface area (Å²) in [6.07, 6.45) is 5.93. The zero-order chi connectivity index (χ0) is 18.6. The number of ether oxygens (including phenoxy) is 2. The molecule has 0 unspecified atom stereocenters. The van der Waals surface area contributed by atoms with Gasteiger partial charge in [-0.15, -0.1) is 24.0 Å². The fourth-order valence-corrected chi connectivity index (χ4v) is 2.43. The molecule has 1 aromatic carbocycles. The van der Waals surface area contributed by atoms with E-state index in [4.69, 9.17) is 9.47 Å². The van der Waals surface area contributed by atoms with Gasteiger partial charge in [-0.25, -0.2) is 0 Å². The van der Waals surface area contributed by atoms with E-state index in [0.29, 0.717) is 13.2 Å². The number of nitrogens with zero attached hydrogens (tertiary/aromatic N) is 3. The summed E-state index contributed by atoms with van der Waals surface area (Å²) in [5.74, 6) is 2.46. The number of nitrogens with one attached hydrogen (secondary N) is 2. The van der Waals surface area contributed by atoms with E-state index in [1.165, 1.54) is 5.56 Å². The van der Waals surface area contributed by atoms with Crippen LogP contribution < -0.4 is 20.1 Å². The molecule has 8 heteroatoms. The van der Waals surface area contributed by atoms with Gasteiger partial charge < -0.3 is 20.1 Å². The van der Waals surface area contributed by atoms with Gasteiger partial charge in [-0.3, -0.25) is 9.67 Å². The molecule has 27 heavy (non-hydrogen) atoms. The molecule has 7 nitrogen and oxygen atoms in total. The first-order valence-corrected chi connectivity index (χ1v) is 8.98. The van der Waals surface area contributed by atoms with Gasteiger partial charge in [0.1, 0.15) is 18.1 Å². The van der Waals surface area contributed by atoms with Gasteiger partial charge >= 0.3 is 0 Å². The number of hydrogen-bond acceptors (Lipinski definition) is 4. The highest BCUT2D eigenvalue weighted by Gasteiger charge is 1.99. The number of methoxy groups -OCH3 is 1. The lowest BCUT2D eigenvalue weighted by molar-refractivity contribution is 0.321. The van der Waals surface area contributed by atoms with Crippen LogP contribution in [0.1, 0.15) is 18.9 Å². The quantitative estimate of drug-likeness (QED) is 0.233. The maximum Gasteiger partial charge on any atom is 0.191 e. The van der Waals surface area contributed by atoms with Gasteiger partial charge in [0.2, 0.25) is 0 Å². The molecule has 0 fully saturated rings. The summed E-state index contributed by atoms with van der Waals surface area (Å²) >= 11 is 0. The van der Waals surface area contributed by atoms with Crippen molar-refractivity contribution in [3.05, 3.63) is 42.2 Å². The van der Waals surface area contributed by atoms with E-state index in [1.807, 2.05) is 48.4 Å². The Morgan fingerprint density at radius 2 is 1.93 bits per heavy atom. The van der Waals surface area contributed by atoms with Crippen molar-refractivity contribution in [1.29, 1.82) is 0 Å². The Morgan fingerprint density at radius 1 is 1.19 bits per heavy atom. The lowest BCUT2D eigenvalue weighted by Gasteiger charge is -2.12. The van der Waals surface area contributed by atoms with E-state index in [1.54, 1.807) is 7.11 Å². The normalized spacial score (nSPS) is 10.9. The summed E-state index contributed by atoms with van der Waals surface area (Å²) in [6.45, 7) is 4.89. The van der Waals surface area contributed by atoms with E-state index in [-0.39, 0.29) is 24.0 Å². The van der Waals surface area contributed by atoms with E-state index >= 15 is 0 Å². The maximum atomic E-state index is 5.71. The summed E-state index contributed by atoms with van der Waals surface area (Å²) in [5, 5.41) is 10.7. The first-order valence-electron chi connectivity index (χ1n) is 8.98. The number of rotatable bonds is 10. The molecule has 1 heterocycles. The molecule has 0 amide bonds. The third-order valence-electron chi connectivity index (χ3n) is 3.72. The molecule has 0 aliphatic heterocycles. The van der Waals surface area contributed by atoms with Gasteiger partial charge in [-0.05, 0) is 49.6 Å². The smallest absolute Gasteiger partial charge is 0.191 e. The van der Waals surface area contributed by atoms with Crippen molar-refractivity contribution in [3.8, 4) is 11.5 Å². The van der Waals surface area contributed by atoms with Gasteiger partial charge in [-0.1, -0.05) is 0 Å². The number of guanidine groups is 1. The number of halogens is 1. The van der Waals surface area contributed by atoms with Gasteiger partial charge in [0, 0.05) is 26.3 Å². The molecule has 0 aliphatic carbocycles. The highest BCUT2D eigenvalue weighted by atomic mass is 127. The molecule has 0 saturated heterocycles. The molecule has 0 spiro atoms. The standard InChI is InChI=1S/C19H29N5O2.HI/c1-4-20-19(21-11-5-6-16-14-23-24(2)15-16)22-12-13-26-18-9-7-17(25-3)8-10-18;/h7-10,14-15H,4-6,11-13H2,1-3H3,(H2,20,21,22);1H. The van der Waals surface area contributed by atoms with Crippen LogP contribution in [0.25, 0.3) is 0 Å². The van der Waals surface area contributed by atoms with Crippen LogP contribution >= 0.6 is 24.0 Å². The summed E-state index contributed by atoms with van der Waals surface area (Å²) in [7, 11) is 3.58. The molecule has 1 aromatic heterocycles. The third-order valence-corrected chi connectivity index (χ3v) is 3.72. The van der Waals surface area contributed by atoms with Crippen LogP contribution in [0.4, 0.5) is 0 Å². The molecule has 0 aliphatic rings. The second-order valence-electron chi connectivity index (χ2n) is 5.84. The van der Waals surface area contributed by atoms with Gasteiger partial charge in [-0.2, -0.15) is 5.10 Å². The highest BCUT2D eigenvalue weighted by molar-refractivity contribution is 14.0. The highest BCUT2D eigenvalue weighted by Crippen LogP contribution is 2.16. The van der Waals surface area contributed by atoms with E-state index in [0.717, 1.165) is 43.4 Å². The Labute approximate surface area is 178 Å². The van der Waals surface area contributed by atoms with Crippen LogP contribution in [0.15, 0.2) is 41.7 Å². The molecule has 2 rings (SSSR count). The molecule has 0 bridgehead atoms. The minimum atomic E-state index is 0. The number of benzene rings is 1. The molecule has 0 atom stereocenters. The topological polar surface area (TPSA) is 72.7 Å². The van der Waals surface area contributed by atoms with Gasteiger partial charge in [0.25, 0.3) is 0 Å². The van der Waals surface area contributed by atoms with E-state index < -0.39 is 0 Å². The van der Waals surface area contributed by atoms with Crippen molar-refractivity contribution in [2.75, 3.05) is 33.4 Å². The minimum Gasteiger partial charge on any atom is -0.497 e. The molecule has 150 valence electrons. The van der Waals surface area contributed by atoms with Crippen molar-refractivity contribution in [2.24, 2.45) is 12.0 Å². The van der Waals surface area contributed by atoms with Crippen molar-refractivity contribution >= 4 is 29.9 Å². The zero-order valence-corrected chi connectivity index (χ0v) is 18.6. The average molecular weight is 487 g/mol. The van der Waals surface area contributed by atoms with Crippen LogP contribution in [0.2, 0.25) is 0 Å². The molecular weight excluding hydrogens is 457 g/mol. The molecular formula is C19H30IN5O2. The number of hydrogen-bond donors (Lipinski definition) is 2. The van der Waals surface area contributed by atoms with Crippen LogP contribution in [0.5, 0.6) is 11.5 Å². The molecule has 2 N–H and O–H groups in total. The van der Waals surface area contributed by atoms with Gasteiger partial charge in [0.15, 0.2) is 5.96 Å². The summed E-state index contributed by atoms with van der Waals surface area (Å²) in [4.78, 5) is 4.60. The predicted octanol–water partition coefficient (Wildman–Crippen LogP) is 2.61. The lowest BCUT2D eigenvalue weighted by Crippen LogP contribution is -2.39. The predicted molar refractivity (Wildman–Crippen MR) is 119 cm³/mol. The van der Waals surface area contributed by atoms with Crippen molar-refractivity contribution in [1.82, 2.24) is 20.4 Å². The van der Waals surface area contributed by atoms with Gasteiger partial charge in [0.05, 0.1) is 19.9 Å². The lowest BCUT2D eigenvalue weighted by atomic mass is 10.2. The largest absolute Gasteiger partial charge is 0.497 e. The summed E-state index contributed by atoms with van der Waals surface area (Å²) in [5.41, 5.74) is 1.24. The van der Waals surface area contributed by atoms with Crippen molar-refractivity contribution in [3.63, 3.8) is 0 Å². The van der Waals surface area contributed by atoms with Crippen molar-refractivity contribution < 1.29 is 9.47 Å². The zero-order valence-electron chi connectivity index (χ0n) is 16.3. The Kier molecular flexibility index (Phi) is 11.3. The Hall–Kier alpha value is -1.97. The molecule has 0 saturated carbocycles. The Balaban J connectivity index is 0.00000364. The SMILES string of the molecule is CCNC(=NCCCc1cnn(C)c1)NCCOc1ccc(OC)cc1.I. The number of aliphatic imine (C=N–C) groups is 1. The number of aromatic nitrogens is 2. The fraction of sp³-hybridized carbons (Fsp3) is 0.474. The molecule has 0 radical (unpaired) electrons. The second-order valence-corrected chi connectivity index (χ2v) is 5.84. The Morgan fingerprint density at radius 3 is 2.56 bits per heavy atom. The minimum absolute atomic E-state index is 0. The van der Waals surface area contributed by atoms with Crippen LogP contribution in [-0.2, 0) is 13.5 Å². The number of aryl methyl sites for hydroxylation is 2. The second kappa shape index (κ2) is 13.2. The van der Waals surface area contributed by atoms with E-state index in [9.17, 15) is 0 Å². The van der Waals surface area contributed by atoms with Crippen LogP contribution in [0.3, 0.4) is 0 Å². The van der Waals surface area contributed by atoms with Crippen molar-refractivity contribution in [2.45, 2.75) is 19.8 Å². The summed E-state index contributed by atoms with van der Waals surface area (Å²) < 4.78 is 12.7.